The van der Waals surface area contributed by atoms with Crippen LogP contribution in [0.5, 0.6) is 0 Å². The summed E-state index contributed by atoms with van der Waals surface area (Å²) in [5, 5.41) is 0. The van der Waals surface area contributed by atoms with Crippen LogP contribution in [0.15, 0.2) is 23.0 Å². The van der Waals surface area contributed by atoms with Crippen LogP contribution >= 0.6 is 0 Å². The maximum absolute atomic E-state index is 5.25. The molecule has 1 aliphatic rings. The molecule has 1 aromatic rings. The second kappa shape index (κ2) is 3.74. The van der Waals surface area contributed by atoms with Gasteiger partial charge in [-0.25, -0.2) is 0 Å². The second-order valence-corrected chi connectivity index (χ2v) is 3.02. The van der Waals surface area contributed by atoms with Crippen molar-refractivity contribution in [2.45, 2.75) is 6.54 Å². The summed E-state index contributed by atoms with van der Waals surface area (Å²) in [6.45, 7) is 4.77. The zero-order valence-electron chi connectivity index (χ0n) is 7.03. The van der Waals surface area contributed by atoms with Crippen LogP contribution in [0, 0.1) is 0 Å². The second-order valence-electron chi connectivity index (χ2n) is 3.02. The van der Waals surface area contributed by atoms with Crippen molar-refractivity contribution >= 4 is 0 Å². The van der Waals surface area contributed by atoms with Crippen molar-refractivity contribution in [2.75, 3.05) is 26.3 Å². The number of hydrogen-bond acceptors (Lipinski definition) is 3. The van der Waals surface area contributed by atoms with E-state index in [2.05, 4.69) is 4.90 Å². The van der Waals surface area contributed by atoms with Crippen LogP contribution in [0.2, 0.25) is 0 Å². The molecule has 3 heteroatoms. The molecule has 1 saturated heterocycles. The fourth-order valence-electron chi connectivity index (χ4n) is 1.40. The first-order valence-corrected chi connectivity index (χ1v) is 4.26. The molecule has 1 aliphatic heterocycles. The molecule has 66 valence electrons. The van der Waals surface area contributed by atoms with E-state index < -0.39 is 0 Å². The Hall–Kier alpha value is -0.800. The van der Waals surface area contributed by atoms with Crippen LogP contribution < -0.4 is 0 Å². The molecule has 1 aromatic heterocycles. The lowest BCUT2D eigenvalue weighted by atomic mass is 10.3. The van der Waals surface area contributed by atoms with Gasteiger partial charge in [-0.1, -0.05) is 0 Å². The monoisotopic (exact) mass is 167 g/mol. The molecule has 12 heavy (non-hydrogen) atoms. The molecule has 2 heterocycles. The average Bonchev–Trinajstić information content (AvgIpc) is 2.59. The molecule has 0 aromatic carbocycles. The van der Waals surface area contributed by atoms with Crippen molar-refractivity contribution in [3.8, 4) is 0 Å². The predicted molar refractivity (Wildman–Crippen MR) is 44.8 cm³/mol. The lowest BCUT2D eigenvalue weighted by molar-refractivity contribution is 0.0341. The summed E-state index contributed by atoms with van der Waals surface area (Å²) >= 11 is 0. The van der Waals surface area contributed by atoms with Crippen LogP contribution in [0.25, 0.3) is 0 Å². The molecule has 0 saturated carbocycles. The van der Waals surface area contributed by atoms with Gasteiger partial charge in [0.05, 0.1) is 25.7 Å². The van der Waals surface area contributed by atoms with Gasteiger partial charge in [0.2, 0.25) is 0 Å². The fraction of sp³-hybridized carbons (Fsp3) is 0.556. The summed E-state index contributed by atoms with van der Waals surface area (Å²) in [7, 11) is 0. The lowest BCUT2D eigenvalue weighted by Gasteiger charge is -2.25. The maximum atomic E-state index is 5.25. The quantitative estimate of drug-likeness (QED) is 0.660. The van der Waals surface area contributed by atoms with Crippen molar-refractivity contribution in [1.29, 1.82) is 0 Å². The highest BCUT2D eigenvalue weighted by Crippen LogP contribution is 2.06. The van der Waals surface area contributed by atoms with Gasteiger partial charge in [0, 0.05) is 25.2 Å². The molecule has 0 amide bonds. The first-order valence-electron chi connectivity index (χ1n) is 4.26. The van der Waals surface area contributed by atoms with Gasteiger partial charge in [-0.15, -0.1) is 0 Å². The van der Waals surface area contributed by atoms with Gasteiger partial charge >= 0.3 is 0 Å². The van der Waals surface area contributed by atoms with Gasteiger partial charge in [-0.05, 0) is 6.07 Å². The third-order valence-corrected chi connectivity index (χ3v) is 2.09. The predicted octanol–water partition coefficient (Wildman–Crippen LogP) is 1.11. The summed E-state index contributed by atoms with van der Waals surface area (Å²) in [6, 6.07) is 2.01. The zero-order chi connectivity index (χ0) is 8.23. The summed E-state index contributed by atoms with van der Waals surface area (Å²) in [4.78, 5) is 2.37. The van der Waals surface area contributed by atoms with Crippen molar-refractivity contribution in [2.24, 2.45) is 0 Å². The van der Waals surface area contributed by atoms with Crippen molar-refractivity contribution in [3.05, 3.63) is 24.2 Å². The third kappa shape index (κ3) is 1.87. The smallest absolute Gasteiger partial charge is 0.0947 e. The van der Waals surface area contributed by atoms with Gasteiger partial charge in [0.1, 0.15) is 0 Å². The lowest BCUT2D eigenvalue weighted by Crippen LogP contribution is -2.35. The molecule has 0 atom stereocenters. The van der Waals surface area contributed by atoms with Crippen LogP contribution in [0.1, 0.15) is 5.56 Å². The Morgan fingerprint density at radius 2 is 2.17 bits per heavy atom. The highest BCUT2D eigenvalue weighted by atomic mass is 16.5. The molecule has 1 fully saturated rings. The average molecular weight is 167 g/mol. The van der Waals surface area contributed by atoms with Crippen molar-refractivity contribution in [1.82, 2.24) is 4.90 Å². The molecular formula is C9H13NO2. The first-order chi connectivity index (χ1) is 5.95. The van der Waals surface area contributed by atoms with Gasteiger partial charge < -0.3 is 9.15 Å². The summed E-state index contributed by atoms with van der Waals surface area (Å²) in [5.74, 6) is 0. The van der Waals surface area contributed by atoms with Gasteiger partial charge in [-0.3, -0.25) is 4.90 Å². The minimum absolute atomic E-state index is 0.859. The molecule has 0 N–H and O–H groups in total. The number of ether oxygens (including phenoxy) is 1. The van der Waals surface area contributed by atoms with Crippen molar-refractivity contribution in [3.63, 3.8) is 0 Å². The van der Waals surface area contributed by atoms with E-state index in [0.29, 0.717) is 0 Å². The third-order valence-electron chi connectivity index (χ3n) is 2.09. The Bertz CT molecular complexity index is 214. The summed E-state index contributed by atoms with van der Waals surface area (Å²) < 4.78 is 10.3. The number of morpholine rings is 1. The van der Waals surface area contributed by atoms with E-state index in [-0.39, 0.29) is 0 Å². The largest absolute Gasteiger partial charge is 0.472 e. The highest BCUT2D eigenvalue weighted by molar-refractivity contribution is 5.04. The van der Waals surface area contributed by atoms with E-state index in [4.69, 9.17) is 9.15 Å². The topological polar surface area (TPSA) is 25.6 Å². The number of furan rings is 1. The number of rotatable bonds is 2. The van der Waals surface area contributed by atoms with Crippen LogP contribution in [-0.4, -0.2) is 31.2 Å². The standard InChI is InChI=1S/C9H13NO2/c1-4-12-8-9(1)7-10-2-5-11-6-3-10/h1,4,8H,2-3,5-7H2. The molecule has 2 rings (SSSR count). The summed E-state index contributed by atoms with van der Waals surface area (Å²) in [6.07, 6.45) is 3.52. The van der Waals surface area contributed by atoms with Crippen molar-refractivity contribution < 1.29 is 9.15 Å². The Morgan fingerprint density at radius 3 is 2.83 bits per heavy atom. The number of nitrogens with zero attached hydrogens (tertiary/aromatic N) is 1. The van der Waals surface area contributed by atoms with Crippen LogP contribution in [0.3, 0.4) is 0 Å². The fourth-order valence-corrected chi connectivity index (χ4v) is 1.40. The van der Waals surface area contributed by atoms with E-state index in [1.807, 2.05) is 6.07 Å². The molecule has 0 spiro atoms. The van der Waals surface area contributed by atoms with Crippen LogP contribution in [-0.2, 0) is 11.3 Å². The van der Waals surface area contributed by atoms with E-state index in [9.17, 15) is 0 Å². The Labute approximate surface area is 71.9 Å². The normalized spacial score (nSPS) is 19.7. The number of hydrogen-bond donors (Lipinski definition) is 0. The minimum Gasteiger partial charge on any atom is -0.472 e. The molecule has 0 aliphatic carbocycles. The van der Waals surface area contributed by atoms with Gasteiger partial charge in [-0.2, -0.15) is 0 Å². The Balaban J connectivity index is 1.86. The first kappa shape index (κ1) is 7.83. The van der Waals surface area contributed by atoms with E-state index in [0.717, 1.165) is 32.8 Å². The minimum atomic E-state index is 0.859. The molecular weight excluding hydrogens is 154 g/mol. The maximum Gasteiger partial charge on any atom is 0.0947 e. The van der Waals surface area contributed by atoms with E-state index >= 15 is 0 Å². The van der Waals surface area contributed by atoms with Gasteiger partial charge in [0.25, 0.3) is 0 Å². The molecule has 0 unspecified atom stereocenters. The Kier molecular flexibility index (Phi) is 2.44. The zero-order valence-corrected chi connectivity index (χ0v) is 7.03. The molecule has 3 nitrogen and oxygen atoms in total. The van der Waals surface area contributed by atoms with Crippen LogP contribution in [0.4, 0.5) is 0 Å². The molecule has 0 radical (unpaired) electrons. The Morgan fingerprint density at radius 1 is 1.33 bits per heavy atom. The van der Waals surface area contributed by atoms with E-state index in [1.165, 1.54) is 5.56 Å². The van der Waals surface area contributed by atoms with Gasteiger partial charge in [0.15, 0.2) is 0 Å². The SMILES string of the molecule is c1cc(CN2CCOCC2)co1. The van der Waals surface area contributed by atoms with E-state index in [1.54, 1.807) is 12.5 Å². The highest BCUT2D eigenvalue weighted by Gasteiger charge is 2.10. The molecule has 0 bridgehead atoms. The summed E-state index contributed by atoms with van der Waals surface area (Å²) in [5.41, 5.74) is 1.25.